The first-order valence-corrected chi connectivity index (χ1v) is 8.92. The Morgan fingerprint density at radius 3 is 2.72 bits per heavy atom. The van der Waals surface area contributed by atoms with Gasteiger partial charge in [0.15, 0.2) is 0 Å². The van der Waals surface area contributed by atoms with E-state index in [0.29, 0.717) is 12.3 Å². The molecule has 7 nitrogen and oxygen atoms in total. The van der Waals surface area contributed by atoms with Crippen molar-refractivity contribution in [2.75, 3.05) is 19.6 Å². The van der Waals surface area contributed by atoms with Gasteiger partial charge in [-0.25, -0.2) is 4.98 Å². The number of aryl methyl sites for hydroxylation is 3. The summed E-state index contributed by atoms with van der Waals surface area (Å²) in [6.07, 6.45) is 2.51. The predicted molar refractivity (Wildman–Crippen MR) is 94.0 cm³/mol. The Bertz CT molecular complexity index is 693. The van der Waals surface area contributed by atoms with Gasteiger partial charge in [-0.15, -0.1) is 0 Å². The topological polar surface area (TPSA) is 87.1 Å². The predicted octanol–water partition coefficient (Wildman–Crippen LogP) is 1.89. The lowest BCUT2D eigenvalue weighted by molar-refractivity contribution is -0.120. The van der Waals surface area contributed by atoms with Crippen molar-refractivity contribution in [3.8, 4) is 0 Å². The second-order valence-electron chi connectivity index (χ2n) is 6.99. The molecule has 1 saturated heterocycles. The Morgan fingerprint density at radius 2 is 2.12 bits per heavy atom. The molecular weight excluding hydrogens is 318 g/mol. The summed E-state index contributed by atoms with van der Waals surface area (Å²) in [4.78, 5) is 18.8. The van der Waals surface area contributed by atoms with Crippen molar-refractivity contribution in [1.29, 1.82) is 0 Å². The van der Waals surface area contributed by atoms with Crippen molar-refractivity contribution in [3.05, 3.63) is 34.8 Å². The monoisotopic (exact) mass is 345 g/mol. The van der Waals surface area contributed by atoms with Gasteiger partial charge in [-0.3, -0.25) is 14.8 Å². The molecule has 1 aliphatic rings. The molecule has 2 N–H and O–H groups in total. The Balaban J connectivity index is 1.36. The maximum absolute atomic E-state index is 12.0. The molecule has 0 aliphatic carbocycles. The lowest BCUT2D eigenvalue weighted by Gasteiger charge is -2.31. The molecule has 3 heterocycles. The van der Waals surface area contributed by atoms with Crippen molar-refractivity contribution in [2.45, 2.75) is 46.6 Å². The van der Waals surface area contributed by atoms with Crippen LogP contribution in [-0.4, -0.2) is 45.6 Å². The van der Waals surface area contributed by atoms with Gasteiger partial charge in [-0.2, -0.15) is 5.10 Å². The number of likely N-dealkylation sites (tertiary alicyclic amines) is 1. The van der Waals surface area contributed by atoms with Crippen LogP contribution in [0.1, 0.15) is 41.6 Å². The van der Waals surface area contributed by atoms with Crippen LogP contribution in [0.2, 0.25) is 0 Å². The van der Waals surface area contributed by atoms with Crippen LogP contribution in [0.15, 0.2) is 10.5 Å². The first-order chi connectivity index (χ1) is 12.0. The molecule has 2 aromatic heterocycles. The SMILES string of the molecule is Cc1cc(CC(=O)NCC2CCN(Cc3nc(C)c(C)o3)CC2)n[nH]1. The van der Waals surface area contributed by atoms with Gasteiger partial charge in [0.05, 0.1) is 24.4 Å². The van der Waals surface area contributed by atoms with Crippen molar-refractivity contribution in [3.63, 3.8) is 0 Å². The smallest absolute Gasteiger partial charge is 0.226 e. The molecule has 1 amide bonds. The summed E-state index contributed by atoms with van der Waals surface area (Å²) in [7, 11) is 0. The third-order valence-corrected chi connectivity index (χ3v) is 4.83. The number of nitrogens with one attached hydrogen (secondary N) is 2. The van der Waals surface area contributed by atoms with Crippen LogP contribution in [0.3, 0.4) is 0 Å². The molecule has 0 saturated carbocycles. The number of carbonyl (C=O) groups is 1. The number of hydrogen-bond donors (Lipinski definition) is 2. The van der Waals surface area contributed by atoms with Crippen LogP contribution in [0.25, 0.3) is 0 Å². The van der Waals surface area contributed by atoms with E-state index in [1.807, 2.05) is 26.8 Å². The zero-order chi connectivity index (χ0) is 17.8. The highest BCUT2D eigenvalue weighted by Gasteiger charge is 2.21. The van der Waals surface area contributed by atoms with Gasteiger partial charge in [-0.05, 0) is 58.7 Å². The number of piperidine rings is 1. The molecule has 7 heteroatoms. The molecule has 0 unspecified atom stereocenters. The molecule has 3 rings (SSSR count). The number of rotatable bonds is 6. The summed E-state index contributed by atoms with van der Waals surface area (Å²) in [6, 6.07) is 1.91. The van der Waals surface area contributed by atoms with Crippen LogP contribution in [0.5, 0.6) is 0 Å². The lowest BCUT2D eigenvalue weighted by atomic mass is 9.96. The summed E-state index contributed by atoms with van der Waals surface area (Å²) < 4.78 is 5.66. The number of carbonyl (C=O) groups excluding carboxylic acids is 1. The Labute approximate surface area is 148 Å². The fourth-order valence-corrected chi connectivity index (χ4v) is 3.20. The van der Waals surface area contributed by atoms with Gasteiger partial charge < -0.3 is 9.73 Å². The van der Waals surface area contributed by atoms with E-state index in [1.165, 1.54) is 0 Å². The Hall–Kier alpha value is -2.15. The van der Waals surface area contributed by atoms with Crippen LogP contribution in [0, 0.1) is 26.7 Å². The van der Waals surface area contributed by atoms with Crippen molar-refractivity contribution in [1.82, 2.24) is 25.4 Å². The molecule has 2 aromatic rings. The molecule has 0 atom stereocenters. The average molecular weight is 345 g/mol. The van der Waals surface area contributed by atoms with Crippen molar-refractivity contribution >= 4 is 5.91 Å². The van der Waals surface area contributed by atoms with Gasteiger partial charge in [-0.1, -0.05) is 0 Å². The highest BCUT2D eigenvalue weighted by molar-refractivity contribution is 5.78. The highest BCUT2D eigenvalue weighted by Crippen LogP contribution is 2.19. The van der Waals surface area contributed by atoms with Crippen LogP contribution < -0.4 is 5.32 Å². The van der Waals surface area contributed by atoms with E-state index in [2.05, 4.69) is 25.4 Å². The van der Waals surface area contributed by atoms with E-state index in [9.17, 15) is 4.79 Å². The van der Waals surface area contributed by atoms with Gasteiger partial charge >= 0.3 is 0 Å². The minimum atomic E-state index is 0.0414. The van der Waals surface area contributed by atoms with Gasteiger partial charge in [0.2, 0.25) is 11.8 Å². The summed E-state index contributed by atoms with van der Waals surface area (Å²) in [5, 5.41) is 10.0. The molecular formula is C18H27N5O2. The minimum Gasteiger partial charge on any atom is -0.444 e. The zero-order valence-electron chi connectivity index (χ0n) is 15.3. The van der Waals surface area contributed by atoms with E-state index in [-0.39, 0.29) is 5.91 Å². The summed E-state index contributed by atoms with van der Waals surface area (Å²) in [5.74, 6) is 2.28. The molecule has 1 aliphatic heterocycles. The maximum Gasteiger partial charge on any atom is 0.226 e. The summed E-state index contributed by atoms with van der Waals surface area (Å²) in [5.41, 5.74) is 2.74. The third-order valence-electron chi connectivity index (χ3n) is 4.83. The summed E-state index contributed by atoms with van der Waals surface area (Å²) in [6.45, 7) is 9.40. The highest BCUT2D eigenvalue weighted by atomic mass is 16.4. The largest absolute Gasteiger partial charge is 0.444 e. The average Bonchev–Trinajstić information content (AvgIpc) is 3.12. The molecule has 0 aromatic carbocycles. The number of aromatic nitrogens is 3. The third kappa shape index (κ3) is 4.92. The Kier molecular flexibility index (Phi) is 5.53. The van der Waals surface area contributed by atoms with Gasteiger partial charge in [0.25, 0.3) is 0 Å². The second-order valence-corrected chi connectivity index (χ2v) is 6.99. The fraction of sp³-hybridized carbons (Fsp3) is 0.611. The number of nitrogens with zero attached hydrogens (tertiary/aromatic N) is 3. The second kappa shape index (κ2) is 7.82. The van der Waals surface area contributed by atoms with E-state index < -0.39 is 0 Å². The van der Waals surface area contributed by atoms with Crippen molar-refractivity contribution < 1.29 is 9.21 Å². The normalized spacial score (nSPS) is 16.3. The number of H-pyrrole nitrogens is 1. The Morgan fingerprint density at radius 1 is 1.36 bits per heavy atom. The molecule has 0 bridgehead atoms. The first kappa shape index (κ1) is 17.7. The number of amides is 1. The van der Waals surface area contributed by atoms with E-state index in [4.69, 9.17) is 4.42 Å². The fourth-order valence-electron chi connectivity index (χ4n) is 3.20. The lowest BCUT2D eigenvalue weighted by Crippen LogP contribution is -2.38. The molecule has 0 spiro atoms. The summed E-state index contributed by atoms with van der Waals surface area (Å²) >= 11 is 0. The van der Waals surface area contributed by atoms with Crippen LogP contribution in [0.4, 0.5) is 0 Å². The molecule has 1 fully saturated rings. The quantitative estimate of drug-likeness (QED) is 0.835. The van der Waals surface area contributed by atoms with E-state index in [1.54, 1.807) is 0 Å². The van der Waals surface area contributed by atoms with Crippen molar-refractivity contribution in [2.24, 2.45) is 5.92 Å². The maximum atomic E-state index is 12.0. The van der Waals surface area contributed by atoms with Crippen LogP contribution >= 0.6 is 0 Å². The molecule has 0 radical (unpaired) electrons. The molecule has 136 valence electrons. The standard InChI is InChI=1S/C18H27N5O2/c1-12-8-16(22-21-12)9-17(24)19-10-15-4-6-23(7-5-15)11-18-20-13(2)14(3)25-18/h8,15H,4-7,9-11H2,1-3H3,(H,19,24)(H,21,22). The van der Waals surface area contributed by atoms with Gasteiger partial charge in [0, 0.05) is 12.2 Å². The number of aromatic amines is 1. The zero-order valence-corrected chi connectivity index (χ0v) is 15.3. The number of hydrogen-bond acceptors (Lipinski definition) is 5. The molecule has 25 heavy (non-hydrogen) atoms. The number of oxazole rings is 1. The minimum absolute atomic E-state index is 0.0414. The van der Waals surface area contributed by atoms with E-state index >= 15 is 0 Å². The first-order valence-electron chi connectivity index (χ1n) is 8.92. The van der Waals surface area contributed by atoms with E-state index in [0.717, 1.165) is 67.8 Å². The van der Waals surface area contributed by atoms with Crippen LogP contribution in [-0.2, 0) is 17.8 Å². The van der Waals surface area contributed by atoms with Gasteiger partial charge in [0.1, 0.15) is 5.76 Å².